The van der Waals surface area contributed by atoms with Gasteiger partial charge in [0.2, 0.25) is 0 Å². The van der Waals surface area contributed by atoms with Crippen molar-refractivity contribution in [3.05, 3.63) is 35.4 Å². The highest BCUT2D eigenvalue weighted by Crippen LogP contribution is 2.38. The maximum Gasteiger partial charge on any atom is 0.0987 e. The molecule has 0 amide bonds. The summed E-state index contributed by atoms with van der Waals surface area (Å²) in [7, 11) is 0. The molecule has 0 saturated carbocycles. The quantitative estimate of drug-likeness (QED) is 0.788. The van der Waals surface area contributed by atoms with Crippen LogP contribution in [-0.2, 0) is 5.60 Å². The zero-order chi connectivity index (χ0) is 10.9. The first kappa shape index (κ1) is 11.0. The van der Waals surface area contributed by atoms with E-state index in [2.05, 4.69) is 38.1 Å². The number of aryl methyl sites for hydroxylation is 1. The standard InChI is InChI=1S/C13H18OS/c1-10-3-5-12(6-4-10)13(14)8-7-11(2)15-9-13/h3-6,11,14H,7-9H2,1-2H3. The molecular formula is C13H18OS. The summed E-state index contributed by atoms with van der Waals surface area (Å²) in [6.45, 7) is 4.31. The minimum Gasteiger partial charge on any atom is -0.384 e. The van der Waals surface area contributed by atoms with E-state index >= 15 is 0 Å². The molecule has 1 aromatic rings. The summed E-state index contributed by atoms with van der Waals surface area (Å²) in [5, 5.41) is 11.2. The molecule has 0 aliphatic carbocycles. The molecular weight excluding hydrogens is 204 g/mol. The topological polar surface area (TPSA) is 20.2 Å². The van der Waals surface area contributed by atoms with Gasteiger partial charge in [-0.1, -0.05) is 36.8 Å². The first-order chi connectivity index (χ1) is 7.10. The highest BCUT2D eigenvalue weighted by atomic mass is 32.2. The van der Waals surface area contributed by atoms with E-state index in [1.54, 1.807) is 0 Å². The molecule has 2 unspecified atom stereocenters. The number of benzene rings is 1. The van der Waals surface area contributed by atoms with Crippen molar-refractivity contribution in [2.45, 2.75) is 37.5 Å². The Bertz CT molecular complexity index is 323. The van der Waals surface area contributed by atoms with E-state index in [0.29, 0.717) is 5.25 Å². The van der Waals surface area contributed by atoms with Gasteiger partial charge in [-0.2, -0.15) is 11.8 Å². The lowest BCUT2D eigenvalue weighted by molar-refractivity contribution is 0.0471. The summed E-state index contributed by atoms with van der Waals surface area (Å²) < 4.78 is 0. The number of hydrogen-bond donors (Lipinski definition) is 1. The molecule has 0 aromatic heterocycles. The van der Waals surface area contributed by atoms with Gasteiger partial charge >= 0.3 is 0 Å². The van der Waals surface area contributed by atoms with Crippen LogP contribution in [0, 0.1) is 6.92 Å². The van der Waals surface area contributed by atoms with Gasteiger partial charge < -0.3 is 5.11 Å². The van der Waals surface area contributed by atoms with Crippen molar-refractivity contribution >= 4 is 11.8 Å². The maximum atomic E-state index is 10.5. The van der Waals surface area contributed by atoms with Crippen LogP contribution >= 0.6 is 11.8 Å². The fourth-order valence-electron chi connectivity index (χ4n) is 1.97. The van der Waals surface area contributed by atoms with Crippen LogP contribution in [0.5, 0.6) is 0 Å². The SMILES string of the molecule is Cc1ccc(C2(O)CCC(C)SC2)cc1. The second-order valence-electron chi connectivity index (χ2n) is 4.56. The first-order valence-corrected chi connectivity index (χ1v) is 6.56. The maximum absolute atomic E-state index is 10.5. The van der Waals surface area contributed by atoms with Gasteiger partial charge in [0.25, 0.3) is 0 Å². The summed E-state index contributed by atoms with van der Waals surface area (Å²) in [5.41, 5.74) is 1.73. The Morgan fingerprint density at radius 2 is 2.00 bits per heavy atom. The summed E-state index contributed by atoms with van der Waals surface area (Å²) in [5.74, 6) is 0.831. The molecule has 1 saturated heterocycles. The zero-order valence-corrected chi connectivity index (χ0v) is 10.2. The molecule has 0 radical (unpaired) electrons. The van der Waals surface area contributed by atoms with Crippen molar-refractivity contribution in [2.75, 3.05) is 5.75 Å². The van der Waals surface area contributed by atoms with E-state index in [4.69, 9.17) is 0 Å². The van der Waals surface area contributed by atoms with Crippen molar-refractivity contribution in [2.24, 2.45) is 0 Å². The molecule has 1 heterocycles. The fraction of sp³-hybridized carbons (Fsp3) is 0.538. The molecule has 1 nitrogen and oxygen atoms in total. The molecule has 82 valence electrons. The third-order valence-electron chi connectivity index (χ3n) is 3.16. The Balaban J connectivity index is 2.18. The van der Waals surface area contributed by atoms with Crippen molar-refractivity contribution in [1.82, 2.24) is 0 Å². The van der Waals surface area contributed by atoms with Crippen molar-refractivity contribution in [3.63, 3.8) is 0 Å². The molecule has 1 fully saturated rings. The average Bonchev–Trinajstić information content (AvgIpc) is 2.24. The van der Waals surface area contributed by atoms with Crippen LogP contribution in [0.4, 0.5) is 0 Å². The minimum absolute atomic E-state index is 0.592. The molecule has 2 atom stereocenters. The number of hydrogen-bond acceptors (Lipinski definition) is 2. The molecule has 1 aliphatic heterocycles. The van der Waals surface area contributed by atoms with Crippen LogP contribution in [-0.4, -0.2) is 16.1 Å². The lowest BCUT2D eigenvalue weighted by Crippen LogP contribution is -2.33. The van der Waals surface area contributed by atoms with Crippen LogP contribution < -0.4 is 0 Å². The molecule has 0 bridgehead atoms. The average molecular weight is 222 g/mol. The molecule has 0 spiro atoms. The Hall–Kier alpha value is -0.470. The molecule has 2 rings (SSSR count). The van der Waals surface area contributed by atoms with E-state index in [1.807, 2.05) is 11.8 Å². The predicted molar refractivity (Wildman–Crippen MR) is 66.2 cm³/mol. The third-order valence-corrected chi connectivity index (χ3v) is 4.61. The normalized spacial score (nSPS) is 31.5. The van der Waals surface area contributed by atoms with Gasteiger partial charge in [-0.05, 0) is 25.3 Å². The lowest BCUT2D eigenvalue weighted by Gasteiger charge is -2.35. The second-order valence-corrected chi connectivity index (χ2v) is 5.98. The summed E-state index contributed by atoms with van der Waals surface area (Å²) in [6, 6.07) is 8.28. The summed E-state index contributed by atoms with van der Waals surface area (Å²) in [4.78, 5) is 0. The van der Waals surface area contributed by atoms with Crippen LogP contribution in [0.15, 0.2) is 24.3 Å². The van der Waals surface area contributed by atoms with Crippen LogP contribution in [0.1, 0.15) is 30.9 Å². The summed E-state index contributed by atoms with van der Waals surface area (Å²) in [6.07, 6.45) is 2.00. The largest absolute Gasteiger partial charge is 0.384 e. The van der Waals surface area contributed by atoms with Crippen LogP contribution in [0.2, 0.25) is 0 Å². The molecule has 15 heavy (non-hydrogen) atoms. The number of rotatable bonds is 1. The smallest absolute Gasteiger partial charge is 0.0987 e. The van der Waals surface area contributed by atoms with Crippen molar-refractivity contribution < 1.29 is 5.11 Å². The van der Waals surface area contributed by atoms with Gasteiger partial charge in [0.15, 0.2) is 0 Å². The van der Waals surface area contributed by atoms with Gasteiger partial charge in [-0.3, -0.25) is 0 Å². The fourth-order valence-corrected chi connectivity index (χ4v) is 3.12. The summed E-state index contributed by atoms with van der Waals surface area (Å²) >= 11 is 1.87. The monoisotopic (exact) mass is 222 g/mol. The number of aliphatic hydroxyl groups is 1. The van der Waals surface area contributed by atoms with E-state index in [9.17, 15) is 5.11 Å². The van der Waals surface area contributed by atoms with Gasteiger partial charge in [0.05, 0.1) is 5.60 Å². The third kappa shape index (κ3) is 2.37. The Morgan fingerprint density at radius 3 is 2.53 bits per heavy atom. The Morgan fingerprint density at radius 1 is 1.33 bits per heavy atom. The molecule has 2 heteroatoms. The molecule has 1 N–H and O–H groups in total. The lowest BCUT2D eigenvalue weighted by atomic mass is 9.89. The van der Waals surface area contributed by atoms with Gasteiger partial charge in [0, 0.05) is 11.0 Å². The van der Waals surface area contributed by atoms with Gasteiger partial charge in [-0.15, -0.1) is 0 Å². The molecule has 1 aromatic carbocycles. The second kappa shape index (κ2) is 4.18. The van der Waals surface area contributed by atoms with Gasteiger partial charge in [0.1, 0.15) is 0 Å². The van der Waals surface area contributed by atoms with Crippen molar-refractivity contribution in [3.8, 4) is 0 Å². The van der Waals surface area contributed by atoms with E-state index in [1.165, 1.54) is 5.56 Å². The van der Waals surface area contributed by atoms with E-state index in [0.717, 1.165) is 24.2 Å². The minimum atomic E-state index is -0.592. The highest BCUT2D eigenvalue weighted by molar-refractivity contribution is 7.99. The number of thioether (sulfide) groups is 1. The Kier molecular flexibility index (Phi) is 3.08. The van der Waals surface area contributed by atoms with Crippen molar-refractivity contribution in [1.29, 1.82) is 0 Å². The van der Waals surface area contributed by atoms with E-state index < -0.39 is 5.60 Å². The zero-order valence-electron chi connectivity index (χ0n) is 9.36. The molecule has 1 aliphatic rings. The van der Waals surface area contributed by atoms with Crippen LogP contribution in [0.3, 0.4) is 0 Å². The predicted octanol–water partition coefficient (Wildman–Crippen LogP) is 3.10. The van der Waals surface area contributed by atoms with E-state index in [-0.39, 0.29) is 0 Å². The Labute approximate surface area is 95.9 Å². The first-order valence-electron chi connectivity index (χ1n) is 5.51. The van der Waals surface area contributed by atoms with Gasteiger partial charge in [-0.25, -0.2) is 0 Å². The van der Waals surface area contributed by atoms with Crippen LogP contribution in [0.25, 0.3) is 0 Å². The highest BCUT2D eigenvalue weighted by Gasteiger charge is 2.33.